The summed E-state index contributed by atoms with van der Waals surface area (Å²) in [6, 6.07) is 11.1. The smallest absolute Gasteiger partial charge is 0.160 e. The van der Waals surface area contributed by atoms with Gasteiger partial charge in [-0.2, -0.15) is 0 Å². The highest BCUT2D eigenvalue weighted by molar-refractivity contribution is 5.42. The zero-order valence-corrected chi connectivity index (χ0v) is 9.05. The number of hydrogen-bond donors (Lipinski definition) is 1. The number of aromatic nitrogens is 1. The molecule has 0 saturated carbocycles. The van der Waals surface area contributed by atoms with E-state index in [-0.39, 0.29) is 5.75 Å². The van der Waals surface area contributed by atoms with Gasteiger partial charge >= 0.3 is 0 Å². The summed E-state index contributed by atoms with van der Waals surface area (Å²) in [5, 5.41) is 9.46. The average molecular weight is 215 g/mol. The normalized spacial score (nSPS) is 10.1. The molecule has 16 heavy (non-hydrogen) atoms. The average Bonchev–Trinajstić information content (AvgIpc) is 2.33. The number of rotatable bonds is 3. The predicted octanol–water partition coefficient (Wildman–Crippen LogP) is 2.39. The molecule has 0 aliphatic rings. The van der Waals surface area contributed by atoms with Crippen molar-refractivity contribution in [3.63, 3.8) is 0 Å². The van der Waals surface area contributed by atoms with Gasteiger partial charge in [-0.3, -0.25) is 4.98 Å². The van der Waals surface area contributed by atoms with Crippen LogP contribution in [0.25, 0.3) is 0 Å². The van der Waals surface area contributed by atoms with E-state index in [0.29, 0.717) is 5.75 Å². The molecular formula is C13H13NO2. The molecule has 1 aromatic heterocycles. The second-order valence-corrected chi connectivity index (χ2v) is 3.50. The quantitative estimate of drug-likeness (QED) is 0.854. The molecule has 3 nitrogen and oxygen atoms in total. The van der Waals surface area contributed by atoms with Crippen LogP contribution in [0.4, 0.5) is 0 Å². The molecule has 0 aliphatic carbocycles. The molecule has 0 amide bonds. The first kappa shape index (κ1) is 10.5. The number of hydrogen-bond acceptors (Lipinski definition) is 3. The van der Waals surface area contributed by atoms with Crippen LogP contribution in [-0.4, -0.2) is 17.2 Å². The van der Waals surface area contributed by atoms with Crippen LogP contribution in [0.3, 0.4) is 0 Å². The van der Waals surface area contributed by atoms with Gasteiger partial charge in [0, 0.05) is 18.3 Å². The van der Waals surface area contributed by atoms with Crippen molar-refractivity contribution >= 4 is 0 Å². The molecule has 1 heterocycles. The number of methoxy groups -OCH3 is 1. The van der Waals surface area contributed by atoms with E-state index >= 15 is 0 Å². The van der Waals surface area contributed by atoms with Gasteiger partial charge in [0.25, 0.3) is 0 Å². The molecule has 0 unspecified atom stereocenters. The van der Waals surface area contributed by atoms with E-state index in [1.54, 1.807) is 19.4 Å². The monoisotopic (exact) mass is 215 g/mol. The minimum Gasteiger partial charge on any atom is -0.504 e. The fourth-order valence-corrected chi connectivity index (χ4v) is 1.54. The Morgan fingerprint density at radius 1 is 1.25 bits per heavy atom. The van der Waals surface area contributed by atoms with Crippen molar-refractivity contribution in [2.24, 2.45) is 0 Å². The van der Waals surface area contributed by atoms with E-state index in [9.17, 15) is 5.11 Å². The summed E-state index contributed by atoms with van der Waals surface area (Å²) >= 11 is 0. The van der Waals surface area contributed by atoms with Crippen LogP contribution in [0, 0.1) is 0 Å². The van der Waals surface area contributed by atoms with Crippen LogP contribution in [0.15, 0.2) is 42.6 Å². The largest absolute Gasteiger partial charge is 0.504 e. The predicted molar refractivity (Wildman–Crippen MR) is 61.7 cm³/mol. The molecule has 0 bridgehead atoms. The minimum atomic E-state index is 0.160. The van der Waals surface area contributed by atoms with Crippen molar-refractivity contribution < 1.29 is 9.84 Å². The van der Waals surface area contributed by atoms with Gasteiger partial charge in [0.1, 0.15) is 0 Å². The molecule has 0 atom stereocenters. The Balaban J connectivity index is 2.22. The number of pyridine rings is 1. The lowest BCUT2D eigenvalue weighted by atomic mass is 10.1. The summed E-state index contributed by atoms with van der Waals surface area (Å²) in [6.07, 6.45) is 2.50. The topological polar surface area (TPSA) is 42.4 Å². The molecule has 0 fully saturated rings. The lowest BCUT2D eigenvalue weighted by molar-refractivity contribution is 0.373. The SMILES string of the molecule is COc1cc(Cc2ccccn2)ccc1O. The third-order valence-corrected chi connectivity index (χ3v) is 2.36. The number of aromatic hydroxyl groups is 1. The molecule has 0 radical (unpaired) electrons. The van der Waals surface area contributed by atoms with Gasteiger partial charge in [-0.1, -0.05) is 12.1 Å². The zero-order valence-electron chi connectivity index (χ0n) is 9.05. The van der Waals surface area contributed by atoms with E-state index in [1.807, 2.05) is 30.3 Å². The molecule has 1 aromatic carbocycles. The summed E-state index contributed by atoms with van der Waals surface area (Å²) < 4.78 is 5.05. The fraction of sp³-hybridized carbons (Fsp3) is 0.154. The lowest BCUT2D eigenvalue weighted by Gasteiger charge is -2.06. The molecule has 0 saturated heterocycles. The highest BCUT2D eigenvalue weighted by Crippen LogP contribution is 2.26. The molecular weight excluding hydrogens is 202 g/mol. The molecule has 0 spiro atoms. The van der Waals surface area contributed by atoms with Gasteiger partial charge in [-0.05, 0) is 29.8 Å². The second-order valence-electron chi connectivity index (χ2n) is 3.50. The Bertz CT molecular complexity index is 469. The fourth-order valence-electron chi connectivity index (χ4n) is 1.54. The van der Waals surface area contributed by atoms with Crippen LogP contribution >= 0.6 is 0 Å². The third-order valence-electron chi connectivity index (χ3n) is 2.36. The summed E-state index contributed by atoms with van der Waals surface area (Å²) in [6.45, 7) is 0. The minimum absolute atomic E-state index is 0.160. The molecule has 3 heteroatoms. The highest BCUT2D eigenvalue weighted by Gasteiger charge is 2.03. The van der Waals surface area contributed by atoms with E-state index < -0.39 is 0 Å². The Hall–Kier alpha value is -2.03. The van der Waals surface area contributed by atoms with Crippen LogP contribution in [-0.2, 0) is 6.42 Å². The maximum atomic E-state index is 9.46. The summed E-state index contributed by atoms with van der Waals surface area (Å²) in [7, 11) is 1.54. The van der Waals surface area contributed by atoms with E-state index in [4.69, 9.17) is 4.74 Å². The zero-order chi connectivity index (χ0) is 11.4. The van der Waals surface area contributed by atoms with Crippen molar-refractivity contribution in [1.82, 2.24) is 4.98 Å². The van der Waals surface area contributed by atoms with Crippen LogP contribution in [0.1, 0.15) is 11.3 Å². The van der Waals surface area contributed by atoms with Crippen molar-refractivity contribution in [1.29, 1.82) is 0 Å². The van der Waals surface area contributed by atoms with Gasteiger partial charge in [-0.15, -0.1) is 0 Å². The number of phenols is 1. The third kappa shape index (κ3) is 2.31. The second kappa shape index (κ2) is 4.66. The number of benzene rings is 1. The van der Waals surface area contributed by atoms with Gasteiger partial charge < -0.3 is 9.84 Å². The van der Waals surface area contributed by atoms with Gasteiger partial charge in [-0.25, -0.2) is 0 Å². The maximum absolute atomic E-state index is 9.46. The number of phenolic OH excluding ortho intramolecular Hbond substituents is 1. The number of nitrogens with zero attached hydrogens (tertiary/aromatic N) is 1. The van der Waals surface area contributed by atoms with Crippen LogP contribution in [0.2, 0.25) is 0 Å². The highest BCUT2D eigenvalue weighted by atomic mass is 16.5. The summed E-state index contributed by atoms with van der Waals surface area (Å²) in [5.74, 6) is 0.653. The first-order chi connectivity index (χ1) is 7.79. The first-order valence-corrected chi connectivity index (χ1v) is 5.05. The van der Waals surface area contributed by atoms with Crippen molar-refractivity contribution in [2.75, 3.05) is 7.11 Å². The van der Waals surface area contributed by atoms with E-state index in [1.165, 1.54) is 0 Å². The molecule has 1 N–H and O–H groups in total. The van der Waals surface area contributed by atoms with Gasteiger partial charge in [0.15, 0.2) is 11.5 Å². The molecule has 2 aromatic rings. The lowest BCUT2D eigenvalue weighted by Crippen LogP contribution is -1.92. The maximum Gasteiger partial charge on any atom is 0.160 e. The Morgan fingerprint density at radius 2 is 2.12 bits per heavy atom. The Labute approximate surface area is 94.3 Å². The van der Waals surface area contributed by atoms with Gasteiger partial charge in [0.2, 0.25) is 0 Å². The first-order valence-electron chi connectivity index (χ1n) is 5.05. The molecule has 0 aliphatic heterocycles. The molecule has 2 rings (SSSR count). The molecule has 82 valence electrons. The van der Waals surface area contributed by atoms with E-state index in [0.717, 1.165) is 17.7 Å². The van der Waals surface area contributed by atoms with Crippen molar-refractivity contribution in [3.05, 3.63) is 53.9 Å². The Morgan fingerprint density at radius 3 is 2.81 bits per heavy atom. The van der Waals surface area contributed by atoms with Crippen LogP contribution < -0.4 is 4.74 Å². The van der Waals surface area contributed by atoms with Crippen LogP contribution in [0.5, 0.6) is 11.5 Å². The standard InChI is InChI=1S/C13H13NO2/c1-16-13-9-10(5-6-12(13)15)8-11-4-2-3-7-14-11/h2-7,9,15H,8H2,1H3. The number of ether oxygens (including phenoxy) is 1. The van der Waals surface area contributed by atoms with Gasteiger partial charge in [0.05, 0.1) is 7.11 Å². The van der Waals surface area contributed by atoms with E-state index in [2.05, 4.69) is 4.98 Å². The Kier molecular flexibility index (Phi) is 3.05. The summed E-state index contributed by atoms with van der Waals surface area (Å²) in [5.41, 5.74) is 2.06. The summed E-state index contributed by atoms with van der Waals surface area (Å²) in [4.78, 5) is 4.25. The van der Waals surface area contributed by atoms with Crippen molar-refractivity contribution in [3.8, 4) is 11.5 Å². The van der Waals surface area contributed by atoms with Crippen molar-refractivity contribution in [2.45, 2.75) is 6.42 Å².